The van der Waals surface area contributed by atoms with Crippen LogP contribution in [0, 0.1) is 11.8 Å². The summed E-state index contributed by atoms with van der Waals surface area (Å²) >= 11 is 0. The summed E-state index contributed by atoms with van der Waals surface area (Å²) in [6.45, 7) is 2.80. The van der Waals surface area contributed by atoms with Gasteiger partial charge in [0.2, 0.25) is 11.8 Å². The van der Waals surface area contributed by atoms with Crippen LogP contribution < -0.4 is 5.32 Å². The van der Waals surface area contributed by atoms with Crippen molar-refractivity contribution in [3.8, 4) is 0 Å². The van der Waals surface area contributed by atoms with Gasteiger partial charge in [0.1, 0.15) is 12.1 Å². The smallest absolute Gasteiger partial charge is 0.246 e. The topological polar surface area (TPSA) is 49.4 Å². The molecular weight excluding hydrogens is 240 g/mol. The number of amides is 2. The molecule has 4 nitrogen and oxygen atoms in total. The molecule has 0 spiro atoms. The maximum atomic E-state index is 12.6. The maximum Gasteiger partial charge on any atom is 0.246 e. The molecule has 1 N–H and O–H groups in total. The molecule has 2 unspecified atom stereocenters. The zero-order chi connectivity index (χ0) is 13.4. The Morgan fingerprint density at radius 3 is 2.42 bits per heavy atom. The van der Waals surface area contributed by atoms with Gasteiger partial charge in [-0.25, -0.2) is 0 Å². The summed E-state index contributed by atoms with van der Waals surface area (Å²) in [4.78, 5) is 26.7. The van der Waals surface area contributed by atoms with Gasteiger partial charge >= 0.3 is 0 Å². The van der Waals surface area contributed by atoms with E-state index in [0.29, 0.717) is 11.8 Å². The molecule has 3 fully saturated rings. The van der Waals surface area contributed by atoms with Crippen LogP contribution in [-0.4, -0.2) is 35.3 Å². The Bertz CT molecular complexity index is 372. The Morgan fingerprint density at radius 2 is 1.84 bits per heavy atom. The first-order valence-corrected chi connectivity index (χ1v) is 7.81. The van der Waals surface area contributed by atoms with E-state index in [9.17, 15) is 9.59 Å². The minimum atomic E-state index is -0.233. The third-order valence-corrected chi connectivity index (χ3v) is 4.94. The molecule has 106 valence electrons. The molecule has 2 atom stereocenters. The van der Waals surface area contributed by atoms with E-state index in [2.05, 4.69) is 5.32 Å². The van der Waals surface area contributed by atoms with E-state index in [1.165, 1.54) is 25.7 Å². The lowest BCUT2D eigenvalue weighted by atomic mass is 9.99. The van der Waals surface area contributed by atoms with Crippen LogP contribution in [0.2, 0.25) is 0 Å². The molecule has 4 heteroatoms. The van der Waals surface area contributed by atoms with Gasteiger partial charge in [0.05, 0.1) is 0 Å². The Hall–Kier alpha value is -1.06. The second-order valence-corrected chi connectivity index (χ2v) is 6.39. The van der Waals surface area contributed by atoms with Crippen molar-refractivity contribution in [2.24, 2.45) is 11.8 Å². The predicted octanol–water partition coefficient (Wildman–Crippen LogP) is 1.69. The van der Waals surface area contributed by atoms with Crippen molar-refractivity contribution in [2.45, 2.75) is 64.0 Å². The molecule has 0 aromatic carbocycles. The zero-order valence-corrected chi connectivity index (χ0v) is 11.7. The van der Waals surface area contributed by atoms with E-state index in [1.54, 1.807) is 0 Å². The van der Waals surface area contributed by atoms with E-state index >= 15 is 0 Å². The number of hydrogen-bond donors (Lipinski definition) is 1. The number of piperazine rings is 1. The Morgan fingerprint density at radius 1 is 1.16 bits per heavy atom. The maximum absolute atomic E-state index is 12.6. The molecule has 2 aliphatic carbocycles. The molecule has 3 aliphatic rings. The summed E-state index contributed by atoms with van der Waals surface area (Å²) in [7, 11) is 0. The molecule has 0 radical (unpaired) electrons. The van der Waals surface area contributed by atoms with Gasteiger partial charge in [-0.3, -0.25) is 9.59 Å². The monoisotopic (exact) mass is 264 g/mol. The summed E-state index contributed by atoms with van der Waals surface area (Å²) < 4.78 is 0. The Labute approximate surface area is 114 Å². The average molecular weight is 264 g/mol. The molecule has 2 amide bonds. The van der Waals surface area contributed by atoms with Gasteiger partial charge in [-0.15, -0.1) is 0 Å². The van der Waals surface area contributed by atoms with Gasteiger partial charge in [0.25, 0.3) is 0 Å². The molecule has 19 heavy (non-hydrogen) atoms. The summed E-state index contributed by atoms with van der Waals surface area (Å²) in [5.41, 5.74) is 0. The third kappa shape index (κ3) is 2.49. The highest BCUT2D eigenvalue weighted by Crippen LogP contribution is 2.36. The highest BCUT2D eigenvalue weighted by Gasteiger charge is 2.46. The van der Waals surface area contributed by atoms with Crippen LogP contribution in [0.25, 0.3) is 0 Å². The fourth-order valence-electron chi connectivity index (χ4n) is 3.63. The van der Waals surface area contributed by atoms with Gasteiger partial charge in [-0.05, 0) is 43.9 Å². The van der Waals surface area contributed by atoms with E-state index < -0.39 is 0 Å². The van der Waals surface area contributed by atoms with Crippen molar-refractivity contribution in [3.63, 3.8) is 0 Å². The molecule has 1 heterocycles. The van der Waals surface area contributed by atoms with Crippen LogP contribution in [-0.2, 0) is 9.59 Å². The molecule has 1 aliphatic heterocycles. The molecule has 0 aromatic rings. The largest absolute Gasteiger partial charge is 0.342 e. The number of carbonyl (C=O) groups excluding carboxylic acids is 2. The number of nitrogens with zero attached hydrogens (tertiary/aromatic N) is 1. The van der Waals surface area contributed by atoms with E-state index in [-0.39, 0.29) is 23.9 Å². The van der Waals surface area contributed by atoms with Crippen LogP contribution in [0.1, 0.15) is 51.9 Å². The predicted molar refractivity (Wildman–Crippen MR) is 72.4 cm³/mol. The highest BCUT2D eigenvalue weighted by molar-refractivity contribution is 5.97. The lowest BCUT2D eigenvalue weighted by molar-refractivity contribution is -0.150. The van der Waals surface area contributed by atoms with E-state index in [4.69, 9.17) is 0 Å². The molecule has 2 saturated carbocycles. The van der Waals surface area contributed by atoms with Crippen molar-refractivity contribution in [1.82, 2.24) is 10.2 Å². The first-order valence-electron chi connectivity index (χ1n) is 7.81. The van der Waals surface area contributed by atoms with Crippen LogP contribution in [0.3, 0.4) is 0 Å². The van der Waals surface area contributed by atoms with Crippen molar-refractivity contribution >= 4 is 11.8 Å². The second kappa shape index (κ2) is 5.14. The summed E-state index contributed by atoms with van der Waals surface area (Å²) in [5.74, 6) is 1.27. The molecule has 3 rings (SSSR count). The summed E-state index contributed by atoms with van der Waals surface area (Å²) in [5, 5.41) is 2.95. The summed E-state index contributed by atoms with van der Waals surface area (Å²) in [6, 6.07) is -0.459. The van der Waals surface area contributed by atoms with Crippen LogP contribution >= 0.6 is 0 Å². The Kier molecular flexibility index (Phi) is 3.50. The number of nitrogens with one attached hydrogen (secondary N) is 1. The summed E-state index contributed by atoms with van der Waals surface area (Å²) in [6.07, 6.45) is 7.90. The molecule has 1 saturated heterocycles. The minimum Gasteiger partial charge on any atom is -0.342 e. The minimum absolute atomic E-state index is 0.0667. The van der Waals surface area contributed by atoms with Gasteiger partial charge in [-0.1, -0.05) is 19.8 Å². The lowest BCUT2D eigenvalue weighted by Crippen LogP contribution is -2.64. The number of hydrogen-bond acceptors (Lipinski definition) is 2. The second-order valence-electron chi connectivity index (χ2n) is 6.39. The lowest BCUT2D eigenvalue weighted by Gasteiger charge is -2.40. The Balaban J connectivity index is 1.74. The first kappa shape index (κ1) is 12.9. The van der Waals surface area contributed by atoms with E-state index in [1.807, 2.05) is 11.8 Å². The van der Waals surface area contributed by atoms with E-state index in [0.717, 1.165) is 25.8 Å². The average Bonchev–Trinajstić information content (AvgIpc) is 3.11. The van der Waals surface area contributed by atoms with Crippen molar-refractivity contribution in [2.75, 3.05) is 6.54 Å². The number of carbonyl (C=O) groups is 2. The molecule has 0 bridgehead atoms. The van der Waals surface area contributed by atoms with Crippen LogP contribution in [0.4, 0.5) is 0 Å². The fourth-order valence-corrected chi connectivity index (χ4v) is 3.63. The molecular formula is C15H24N2O2. The molecule has 0 aromatic heterocycles. The van der Waals surface area contributed by atoms with Gasteiger partial charge in [0, 0.05) is 6.54 Å². The number of rotatable bonds is 4. The normalized spacial score (nSPS) is 32.8. The van der Waals surface area contributed by atoms with Crippen molar-refractivity contribution < 1.29 is 9.59 Å². The first-order chi connectivity index (χ1) is 9.20. The van der Waals surface area contributed by atoms with Gasteiger partial charge < -0.3 is 10.2 Å². The van der Waals surface area contributed by atoms with Crippen LogP contribution in [0.5, 0.6) is 0 Å². The fraction of sp³-hybridized carbons (Fsp3) is 0.867. The quantitative estimate of drug-likeness (QED) is 0.840. The van der Waals surface area contributed by atoms with Crippen molar-refractivity contribution in [1.29, 1.82) is 0 Å². The standard InChI is InChI=1S/C15H24N2O2/c1-2-12-14(18)16-13(11-7-8-11)15(19)17(12)9-10-5-3-4-6-10/h10-13H,2-9H2,1H3,(H,16,18). The van der Waals surface area contributed by atoms with Crippen molar-refractivity contribution in [3.05, 3.63) is 0 Å². The van der Waals surface area contributed by atoms with Gasteiger partial charge in [0.15, 0.2) is 0 Å². The van der Waals surface area contributed by atoms with Crippen LogP contribution in [0.15, 0.2) is 0 Å². The van der Waals surface area contributed by atoms with Gasteiger partial charge in [-0.2, -0.15) is 0 Å². The SMILES string of the molecule is CCC1C(=O)NC(C2CC2)C(=O)N1CC1CCCC1. The zero-order valence-electron chi connectivity index (χ0n) is 11.7. The highest BCUT2D eigenvalue weighted by atomic mass is 16.2. The third-order valence-electron chi connectivity index (χ3n) is 4.94.